The van der Waals surface area contributed by atoms with Crippen molar-refractivity contribution in [3.8, 4) is 5.75 Å². The Morgan fingerprint density at radius 1 is 1.33 bits per heavy atom. The van der Waals surface area contributed by atoms with E-state index in [0.717, 1.165) is 18.6 Å². The zero-order valence-electron chi connectivity index (χ0n) is 12.0. The highest BCUT2D eigenvalue weighted by atomic mass is 19.4. The number of halogens is 3. The van der Waals surface area contributed by atoms with Gasteiger partial charge in [-0.3, -0.25) is 4.79 Å². The summed E-state index contributed by atoms with van der Waals surface area (Å²) in [6.45, 7) is 3.53. The summed E-state index contributed by atoms with van der Waals surface area (Å²) in [4.78, 5) is 14.1. The van der Waals surface area contributed by atoms with Gasteiger partial charge in [-0.05, 0) is 42.4 Å². The Labute approximate surface area is 122 Å². The molecule has 114 valence electrons. The Morgan fingerprint density at radius 2 is 1.95 bits per heavy atom. The van der Waals surface area contributed by atoms with Gasteiger partial charge < -0.3 is 9.64 Å². The van der Waals surface area contributed by atoms with Crippen LogP contribution in [0.25, 0.3) is 0 Å². The molecule has 1 aliphatic heterocycles. The third kappa shape index (κ3) is 4.15. The second kappa shape index (κ2) is 5.99. The van der Waals surface area contributed by atoms with Crippen LogP contribution in [0.1, 0.15) is 23.7 Å². The zero-order valence-corrected chi connectivity index (χ0v) is 12.0. The van der Waals surface area contributed by atoms with Gasteiger partial charge in [0.05, 0.1) is 0 Å². The molecule has 0 N–H and O–H groups in total. The molecule has 1 saturated heterocycles. The first kappa shape index (κ1) is 15.7. The van der Waals surface area contributed by atoms with E-state index in [0.29, 0.717) is 30.4 Å². The van der Waals surface area contributed by atoms with Gasteiger partial charge in [-0.15, -0.1) is 13.2 Å². The molecule has 0 saturated carbocycles. The van der Waals surface area contributed by atoms with Crippen molar-refractivity contribution in [1.29, 1.82) is 0 Å². The van der Waals surface area contributed by atoms with Crippen LogP contribution in [0.4, 0.5) is 13.2 Å². The van der Waals surface area contributed by atoms with Gasteiger partial charge in [-0.2, -0.15) is 0 Å². The summed E-state index contributed by atoms with van der Waals surface area (Å²) in [6.07, 6.45) is -3.77. The van der Waals surface area contributed by atoms with E-state index < -0.39 is 6.36 Å². The van der Waals surface area contributed by atoms with Crippen LogP contribution in [-0.4, -0.2) is 38.1 Å². The summed E-state index contributed by atoms with van der Waals surface area (Å²) in [6, 6.07) is 5.06. The number of amides is 1. The molecule has 3 nitrogen and oxygen atoms in total. The first-order valence-electron chi connectivity index (χ1n) is 6.91. The minimum absolute atomic E-state index is 0.146. The SMILES string of the molecule is BC1CN(C(=O)c2ccc(OC(F)(F)F)cc2)CC[C@@H]1C. The molecule has 0 radical (unpaired) electrons. The van der Waals surface area contributed by atoms with Crippen molar-refractivity contribution < 1.29 is 22.7 Å². The molecule has 0 aromatic heterocycles. The predicted octanol–water partition coefficient (Wildman–Crippen LogP) is 2.49. The second-order valence-electron chi connectivity index (χ2n) is 5.57. The van der Waals surface area contributed by atoms with Crippen LogP contribution in [0, 0.1) is 5.92 Å². The van der Waals surface area contributed by atoms with Gasteiger partial charge in [0.1, 0.15) is 13.6 Å². The molecule has 2 rings (SSSR count). The number of alkyl halides is 3. The molecule has 21 heavy (non-hydrogen) atoms. The second-order valence-corrected chi connectivity index (χ2v) is 5.57. The number of piperidine rings is 1. The fraction of sp³-hybridized carbons (Fsp3) is 0.500. The highest BCUT2D eigenvalue weighted by Gasteiger charge is 2.31. The van der Waals surface area contributed by atoms with E-state index in [4.69, 9.17) is 0 Å². The number of carbonyl (C=O) groups excluding carboxylic acids is 1. The number of rotatable bonds is 2. The number of carbonyl (C=O) groups is 1. The quantitative estimate of drug-likeness (QED) is 0.785. The summed E-state index contributed by atoms with van der Waals surface area (Å²) in [5, 5.41) is 0. The van der Waals surface area contributed by atoms with E-state index in [2.05, 4.69) is 19.5 Å². The molecule has 1 aromatic carbocycles. The molecule has 7 heteroatoms. The van der Waals surface area contributed by atoms with Crippen LogP contribution < -0.4 is 4.74 Å². The predicted molar refractivity (Wildman–Crippen MR) is 75.1 cm³/mol. The minimum Gasteiger partial charge on any atom is -0.406 e. The summed E-state index contributed by atoms with van der Waals surface area (Å²) < 4.78 is 40.0. The molecular formula is C14H17BF3NO2. The van der Waals surface area contributed by atoms with E-state index in [9.17, 15) is 18.0 Å². The summed E-state index contributed by atoms with van der Waals surface area (Å²) in [5.41, 5.74) is 0.381. The lowest BCUT2D eigenvalue weighted by atomic mass is 9.73. The van der Waals surface area contributed by atoms with E-state index in [1.807, 2.05) is 0 Å². The van der Waals surface area contributed by atoms with Gasteiger partial charge in [0.25, 0.3) is 5.91 Å². The molecular weight excluding hydrogens is 282 g/mol. The number of nitrogens with zero attached hydrogens (tertiary/aromatic N) is 1. The molecule has 1 unspecified atom stereocenters. The fourth-order valence-electron chi connectivity index (χ4n) is 2.43. The third-order valence-electron chi connectivity index (χ3n) is 3.96. The number of ether oxygens (including phenoxy) is 1. The topological polar surface area (TPSA) is 29.5 Å². The maximum absolute atomic E-state index is 12.3. The molecule has 2 atom stereocenters. The monoisotopic (exact) mass is 299 g/mol. The average Bonchev–Trinajstić information content (AvgIpc) is 2.40. The Morgan fingerprint density at radius 3 is 2.48 bits per heavy atom. The Balaban J connectivity index is 2.03. The first-order chi connectivity index (χ1) is 9.76. The van der Waals surface area contributed by atoms with Crippen LogP contribution in [-0.2, 0) is 0 Å². The standard InChI is InChI=1S/C14H17BF3NO2/c1-9-6-7-19(8-12(9)15)13(20)10-2-4-11(5-3-10)21-14(16,17)18/h2-5,9,12H,6-8,15H2,1H3/t9-,12?/m0/s1. The Kier molecular flexibility index (Phi) is 4.49. The maximum Gasteiger partial charge on any atom is 0.573 e. The number of benzene rings is 1. The first-order valence-corrected chi connectivity index (χ1v) is 6.91. The third-order valence-corrected chi connectivity index (χ3v) is 3.96. The van der Waals surface area contributed by atoms with Gasteiger partial charge in [-0.25, -0.2) is 0 Å². The maximum atomic E-state index is 12.3. The van der Waals surface area contributed by atoms with E-state index >= 15 is 0 Å². The number of likely N-dealkylation sites (tertiary alicyclic amines) is 1. The van der Waals surface area contributed by atoms with Crippen molar-refractivity contribution in [2.24, 2.45) is 5.92 Å². The molecule has 0 aliphatic carbocycles. The van der Waals surface area contributed by atoms with Gasteiger partial charge in [-0.1, -0.05) is 6.92 Å². The van der Waals surface area contributed by atoms with Crippen molar-refractivity contribution in [2.45, 2.75) is 25.5 Å². The summed E-state index contributed by atoms with van der Waals surface area (Å²) in [7, 11) is 2.10. The molecule has 1 fully saturated rings. The lowest BCUT2D eigenvalue weighted by Crippen LogP contribution is -2.41. The normalized spacial score (nSPS) is 23.0. The highest BCUT2D eigenvalue weighted by molar-refractivity contribution is 6.12. The van der Waals surface area contributed by atoms with E-state index in [1.165, 1.54) is 12.1 Å². The van der Waals surface area contributed by atoms with Crippen molar-refractivity contribution in [3.63, 3.8) is 0 Å². The van der Waals surface area contributed by atoms with Crippen LogP contribution in [0.15, 0.2) is 24.3 Å². The number of hydrogen-bond donors (Lipinski definition) is 0. The lowest BCUT2D eigenvalue weighted by molar-refractivity contribution is -0.274. The summed E-state index contributed by atoms with van der Waals surface area (Å²) >= 11 is 0. The van der Waals surface area contributed by atoms with Crippen LogP contribution in [0.2, 0.25) is 5.82 Å². The summed E-state index contributed by atoms with van der Waals surface area (Å²) in [5.74, 6) is 0.541. The van der Waals surface area contributed by atoms with Gasteiger partial charge in [0.2, 0.25) is 0 Å². The van der Waals surface area contributed by atoms with E-state index in [-0.39, 0.29) is 11.7 Å². The van der Waals surface area contributed by atoms with Crippen molar-refractivity contribution >= 4 is 13.8 Å². The van der Waals surface area contributed by atoms with E-state index in [1.54, 1.807) is 4.90 Å². The molecule has 1 heterocycles. The minimum atomic E-state index is -4.72. The van der Waals surface area contributed by atoms with Gasteiger partial charge >= 0.3 is 6.36 Å². The Bertz CT molecular complexity index is 504. The van der Waals surface area contributed by atoms with Crippen molar-refractivity contribution in [1.82, 2.24) is 4.90 Å². The zero-order chi connectivity index (χ0) is 15.6. The van der Waals surface area contributed by atoms with Crippen molar-refractivity contribution in [2.75, 3.05) is 13.1 Å². The number of hydrogen-bond acceptors (Lipinski definition) is 2. The molecule has 1 amide bonds. The Hall–Kier alpha value is -1.66. The van der Waals surface area contributed by atoms with Gasteiger partial charge in [0.15, 0.2) is 0 Å². The van der Waals surface area contributed by atoms with Crippen LogP contribution in [0.3, 0.4) is 0 Å². The lowest BCUT2D eigenvalue weighted by Gasteiger charge is -2.35. The smallest absolute Gasteiger partial charge is 0.406 e. The van der Waals surface area contributed by atoms with Crippen molar-refractivity contribution in [3.05, 3.63) is 29.8 Å². The molecule has 1 aromatic rings. The average molecular weight is 299 g/mol. The highest BCUT2D eigenvalue weighted by Crippen LogP contribution is 2.27. The van der Waals surface area contributed by atoms with Gasteiger partial charge in [0, 0.05) is 18.7 Å². The molecule has 0 bridgehead atoms. The molecule has 0 spiro atoms. The van der Waals surface area contributed by atoms with Crippen LogP contribution in [0.5, 0.6) is 5.75 Å². The fourth-order valence-corrected chi connectivity index (χ4v) is 2.43. The molecule has 1 aliphatic rings. The largest absolute Gasteiger partial charge is 0.573 e. The van der Waals surface area contributed by atoms with Crippen LogP contribution >= 0.6 is 0 Å².